The number of aliphatic imine (C=N–C) groups is 1. The molecule has 25 heavy (non-hydrogen) atoms. The molecule has 3 aromatic carbocycles. The fraction of sp³-hybridized carbons (Fsp3) is 0.0476. The molecule has 122 valence electrons. The molecule has 4 rings (SSSR count). The second kappa shape index (κ2) is 5.91. The van der Waals surface area contributed by atoms with Crippen molar-refractivity contribution in [1.29, 1.82) is 0 Å². The summed E-state index contributed by atoms with van der Waals surface area (Å²) >= 11 is 0. The first-order valence-electron chi connectivity index (χ1n) is 7.93. The number of aromatic carboxylic acids is 1. The van der Waals surface area contributed by atoms with Gasteiger partial charge in [0.15, 0.2) is 5.75 Å². The van der Waals surface area contributed by atoms with Crippen LogP contribution in [0.15, 0.2) is 71.7 Å². The first kappa shape index (κ1) is 15.1. The van der Waals surface area contributed by atoms with Gasteiger partial charge in [-0.15, -0.1) is 0 Å². The first-order chi connectivity index (χ1) is 12.1. The molecular formula is C21H15NO3. The molecule has 0 saturated heterocycles. The lowest BCUT2D eigenvalue weighted by molar-refractivity contribution is 0.0696. The number of hydrogen-bond acceptors (Lipinski definition) is 3. The van der Waals surface area contributed by atoms with Crippen molar-refractivity contribution in [3.63, 3.8) is 0 Å². The molecule has 0 aromatic heterocycles. The number of fused-ring (bicyclic) bond motifs is 2. The van der Waals surface area contributed by atoms with E-state index in [1.807, 2.05) is 54.6 Å². The first-order valence-corrected chi connectivity index (χ1v) is 7.93. The fourth-order valence-corrected chi connectivity index (χ4v) is 2.96. The van der Waals surface area contributed by atoms with Crippen molar-refractivity contribution in [2.45, 2.75) is 6.92 Å². The van der Waals surface area contributed by atoms with Crippen LogP contribution < -0.4 is 4.74 Å². The molecule has 0 aliphatic carbocycles. The van der Waals surface area contributed by atoms with E-state index < -0.39 is 5.97 Å². The standard InChI is InChI=1S/C21H15NO3/c1-13-12-14(10-11-15(13)21(23)24)20-16-6-2-4-8-18(16)25-19-9-5-3-7-17(19)22-20/h2-12H,1H3,(H,23,24). The summed E-state index contributed by atoms with van der Waals surface area (Å²) in [5.41, 5.74) is 4.23. The molecule has 0 radical (unpaired) electrons. The van der Waals surface area contributed by atoms with Crippen LogP contribution in [0.5, 0.6) is 11.5 Å². The van der Waals surface area contributed by atoms with Gasteiger partial charge < -0.3 is 9.84 Å². The Hall–Kier alpha value is -3.40. The molecule has 4 heteroatoms. The van der Waals surface area contributed by atoms with E-state index >= 15 is 0 Å². The Morgan fingerprint density at radius 1 is 0.960 bits per heavy atom. The summed E-state index contributed by atoms with van der Waals surface area (Å²) in [4.78, 5) is 16.1. The minimum atomic E-state index is -0.930. The number of rotatable bonds is 2. The normalized spacial score (nSPS) is 12.3. The van der Waals surface area contributed by atoms with Gasteiger partial charge in [0, 0.05) is 11.1 Å². The van der Waals surface area contributed by atoms with Crippen molar-refractivity contribution in [3.05, 3.63) is 89.0 Å². The molecular weight excluding hydrogens is 314 g/mol. The zero-order valence-corrected chi connectivity index (χ0v) is 13.6. The molecule has 3 aromatic rings. The van der Waals surface area contributed by atoms with E-state index in [2.05, 4.69) is 0 Å². The third-order valence-corrected chi connectivity index (χ3v) is 4.19. The summed E-state index contributed by atoms with van der Waals surface area (Å²) < 4.78 is 6.04. The van der Waals surface area contributed by atoms with Crippen LogP contribution in [-0.2, 0) is 0 Å². The number of nitrogens with zero attached hydrogens (tertiary/aromatic N) is 1. The highest BCUT2D eigenvalue weighted by Gasteiger charge is 2.20. The lowest BCUT2D eigenvalue weighted by Crippen LogP contribution is -2.06. The maximum Gasteiger partial charge on any atom is 0.335 e. The van der Waals surface area contributed by atoms with Crippen molar-refractivity contribution in [2.24, 2.45) is 4.99 Å². The summed E-state index contributed by atoms with van der Waals surface area (Å²) in [5.74, 6) is 0.496. The van der Waals surface area contributed by atoms with Gasteiger partial charge in [-0.05, 0) is 48.9 Å². The van der Waals surface area contributed by atoms with Crippen molar-refractivity contribution >= 4 is 17.4 Å². The minimum Gasteiger partial charge on any atom is -0.478 e. The van der Waals surface area contributed by atoms with E-state index in [9.17, 15) is 9.90 Å². The lowest BCUT2D eigenvalue weighted by atomic mass is 9.97. The van der Waals surface area contributed by atoms with Crippen molar-refractivity contribution in [1.82, 2.24) is 0 Å². The second-order valence-corrected chi connectivity index (χ2v) is 5.86. The fourth-order valence-electron chi connectivity index (χ4n) is 2.96. The second-order valence-electron chi connectivity index (χ2n) is 5.86. The van der Waals surface area contributed by atoms with Gasteiger partial charge in [-0.25, -0.2) is 9.79 Å². The van der Waals surface area contributed by atoms with Crippen molar-refractivity contribution < 1.29 is 14.6 Å². The van der Waals surface area contributed by atoms with Gasteiger partial charge >= 0.3 is 5.97 Å². The third kappa shape index (κ3) is 2.68. The summed E-state index contributed by atoms with van der Waals surface area (Å²) in [6.07, 6.45) is 0. The van der Waals surface area contributed by atoms with Gasteiger partial charge in [0.05, 0.1) is 11.3 Å². The van der Waals surface area contributed by atoms with Gasteiger partial charge in [-0.2, -0.15) is 0 Å². The number of ether oxygens (including phenoxy) is 1. The van der Waals surface area contributed by atoms with Gasteiger partial charge in [0.25, 0.3) is 0 Å². The minimum absolute atomic E-state index is 0.294. The zero-order valence-electron chi connectivity index (χ0n) is 13.6. The van der Waals surface area contributed by atoms with E-state index in [0.717, 1.165) is 28.3 Å². The maximum absolute atomic E-state index is 11.3. The van der Waals surface area contributed by atoms with Crippen LogP contribution in [0.2, 0.25) is 0 Å². The number of carbonyl (C=O) groups is 1. The highest BCUT2D eigenvalue weighted by Crippen LogP contribution is 2.38. The summed E-state index contributed by atoms with van der Waals surface area (Å²) in [6, 6.07) is 20.6. The number of carboxylic acid groups (broad SMARTS) is 1. The van der Waals surface area contributed by atoms with Crippen LogP contribution in [0, 0.1) is 6.92 Å². The van der Waals surface area contributed by atoms with E-state index in [0.29, 0.717) is 16.9 Å². The molecule has 0 fully saturated rings. The Balaban J connectivity index is 1.94. The summed E-state index contributed by atoms with van der Waals surface area (Å²) in [5, 5.41) is 9.25. The average Bonchev–Trinajstić information content (AvgIpc) is 2.78. The molecule has 1 aliphatic rings. The van der Waals surface area contributed by atoms with Crippen LogP contribution in [0.4, 0.5) is 5.69 Å². The van der Waals surface area contributed by atoms with Gasteiger partial charge in [-0.3, -0.25) is 0 Å². The number of carboxylic acids is 1. The Labute approximate surface area is 145 Å². The summed E-state index contributed by atoms with van der Waals surface area (Å²) in [7, 11) is 0. The average molecular weight is 329 g/mol. The molecule has 4 nitrogen and oxygen atoms in total. The number of hydrogen-bond donors (Lipinski definition) is 1. The molecule has 1 aliphatic heterocycles. The van der Waals surface area contributed by atoms with Crippen LogP contribution in [-0.4, -0.2) is 16.8 Å². The number of para-hydroxylation sites is 3. The highest BCUT2D eigenvalue weighted by atomic mass is 16.5. The molecule has 1 N–H and O–H groups in total. The van der Waals surface area contributed by atoms with Gasteiger partial charge in [0.2, 0.25) is 0 Å². The van der Waals surface area contributed by atoms with E-state index in [1.54, 1.807) is 19.1 Å². The quantitative estimate of drug-likeness (QED) is 0.565. The molecule has 0 spiro atoms. The maximum atomic E-state index is 11.3. The van der Waals surface area contributed by atoms with Crippen molar-refractivity contribution in [3.8, 4) is 11.5 Å². The predicted molar refractivity (Wildman–Crippen MR) is 96.4 cm³/mol. The van der Waals surface area contributed by atoms with Crippen LogP contribution in [0.3, 0.4) is 0 Å². The Kier molecular flexibility index (Phi) is 3.58. The van der Waals surface area contributed by atoms with Crippen LogP contribution >= 0.6 is 0 Å². The Morgan fingerprint density at radius 2 is 1.68 bits per heavy atom. The molecule has 0 atom stereocenters. The highest BCUT2D eigenvalue weighted by molar-refractivity contribution is 6.16. The largest absolute Gasteiger partial charge is 0.478 e. The molecule has 0 bridgehead atoms. The number of aryl methyl sites for hydroxylation is 1. The zero-order chi connectivity index (χ0) is 17.4. The Morgan fingerprint density at radius 3 is 2.44 bits per heavy atom. The van der Waals surface area contributed by atoms with Gasteiger partial charge in [0.1, 0.15) is 11.4 Å². The van der Waals surface area contributed by atoms with Crippen molar-refractivity contribution in [2.75, 3.05) is 0 Å². The van der Waals surface area contributed by atoms with E-state index in [-0.39, 0.29) is 0 Å². The van der Waals surface area contributed by atoms with E-state index in [4.69, 9.17) is 9.73 Å². The topological polar surface area (TPSA) is 58.9 Å². The lowest BCUT2D eigenvalue weighted by Gasteiger charge is -2.11. The van der Waals surface area contributed by atoms with Crippen LogP contribution in [0.1, 0.15) is 27.0 Å². The van der Waals surface area contributed by atoms with Gasteiger partial charge in [-0.1, -0.05) is 30.3 Å². The number of benzene rings is 3. The Bertz CT molecular complexity index is 1020. The smallest absolute Gasteiger partial charge is 0.335 e. The summed E-state index contributed by atoms with van der Waals surface area (Å²) in [6.45, 7) is 1.79. The molecule has 1 heterocycles. The third-order valence-electron chi connectivity index (χ3n) is 4.19. The molecule has 0 unspecified atom stereocenters. The van der Waals surface area contributed by atoms with E-state index in [1.165, 1.54) is 0 Å². The van der Waals surface area contributed by atoms with Crippen LogP contribution in [0.25, 0.3) is 0 Å². The predicted octanol–water partition coefficient (Wildman–Crippen LogP) is 4.97. The molecule has 0 amide bonds. The monoisotopic (exact) mass is 329 g/mol. The SMILES string of the molecule is Cc1cc(C2=Nc3ccccc3Oc3ccccc32)ccc1C(=O)O. The molecule has 0 saturated carbocycles.